The Labute approximate surface area is 159 Å². The van der Waals surface area contributed by atoms with Crippen LogP contribution in [-0.4, -0.2) is 30.4 Å². The van der Waals surface area contributed by atoms with Gasteiger partial charge in [-0.15, -0.1) is 5.10 Å². The number of hydrogen-bond donors (Lipinski definition) is 1. The van der Waals surface area contributed by atoms with Gasteiger partial charge in [-0.3, -0.25) is 4.79 Å². The molecule has 0 fully saturated rings. The van der Waals surface area contributed by atoms with E-state index in [2.05, 4.69) is 26.3 Å². The number of hydrogen-bond acceptors (Lipinski definition) is 4. The Hall–Kier alpha value is -2.45. The third-order valence-corrected chi connectivity index (χ3v) is 5.83. The van der Waals surface area contributed by atoms with Gasteiger partial charge in [-0.2, -0.15) is 0 Å². The number of para-hydroxylation sites is 1. The van der Waals surface area contributed by atoms with E-state index < -0.39 is 15.7 Å². The topological polar surface area (TPSA) is 81.1 Å². The predicted molar refractivity (Wildman–Crippen MR) is 104 cm³/mol. The van der Waals surface area contributed by atoms with Gasteiger partial charge in [0.15, 0.2) is 15.7 Å². The molecule has 1 amide bonds. The molecule has 0 unspecified atom stereocenters. The van der Waals surface area contributed by atoms with Crippen molar-refractivity contribution in [3.05, 3.63) is 70.3 Å². The molecule has 0 atom stereocenters. The molecule has 6 nitrogen and oxygen atoms in total. The van der Waals surface area contributed by atoms with E-state index in [9.17, 15) is 13.2 Å². The van der Waals surface area contributed by atoms with Crippen molar-refractivity contribution >= 4 is 37.5 Å². The molecular formula is C18H16BrN3O3S. The third kappa shape index (κ3) is 3.86. The van der Waals surface area contributed by atoms with E-state index in [1.54, 1.807) is 16.8 Å². The first kappa shape index (κ1) is 18.3. The van der Waals surface area contributed by atoms with Crippen molar-refractivity contribution in [1.29, 1.82) is 0 Å². The van der Waals surface area contributed by atoms with E-state index in [0.717, 1.165) is 17.5 Å². The van der Waals surface area contributed by atoms with Crippen molar-refractivity contribution in [2.24, 2.45) is 0 Å². The summed E-state index contributed by atoms with van der Waals surface area (Å²) >= 11 is 3.20. The van der Waals surface area contributed by atoms with Crippen LogP contribution in [0.2, 0.25) is 0 Å². The summed E-state index contributed by atoms with van der Waals surface area (Å²) in [4.78, 5) is 12.6. The van der Waals surface area contributed by atoms with Gasteiger partial charge < -0.3 is 5.32 Å². The molecule has 0 aliphatic carbocycles. The highest BCUT2D eigenvalue weighted by Crippen LogP contribution is 2.24. The average molecular weight is 434 g/mol. The molecule has 0 radical (unpaired) electrons. The van der Waals surface area contributed by atoms with Gasteiger partial charge in [0.2, 0.25) is 0 Å². The van der Waals surface area contributed by atoms with Crippen molar-refractivity contribution in [2.75, 3.05) is 11.6 Å². The lowest BCUT2D eigenvalue weighted by atomic mass is 10.2. The van der Waals surface area contributed by atoms with E-state index >= 15 is 0 Å². The largest absolute Gasteiger partial charge is 0.305 e. The number of anilines is 1. The van der Waals surface area contributed by atoms with Gasteiger partial charge >= 0.3 is 0 Å². The van der Waals surface area contributed by atoms with Gasteiger partial charge in [0.05, 0.1) is 10.6 Å². The lowest BCUT2D eigenvalue weighted by Gasteiger charge is -2.07. The van der Waals surface area contributed by atoms with E-state index in [0.29, 0.717) is 10.3 Å². The number of halogens is 1. The van der Waals surface area contributed by atoms with Crippen LogP contribution in [0.4, 0.5) is 5.82 Å². The maximum absolute atomic E-state index is 12.5. The minimum atomic E-state index is -3.45. The number of carbonyl (C=O) groups excluding carboxylic acids is 1. The van der Waals surface area contributed by atoms with Gasteiger partial charge in [0, 0.05) is 28.1 Å². The number of amides is 1. The monoisotopic (exact) mass is 433 g/mol. The Bertz CT molecular complexity index is 1080. The fraction of sp³-hybridized carbons (Fsp3) is 0.111. The molecule has 2 aromatic carbocycles. The van der Waals surface area contributed by atoms with Crippen LogP contribution in [0.1, 0.15) is 15.9 Å². The summed E-state index contributed by atoms with van der Waals surface area (Å²) in [6.45, 7) is 1.84. The van der Waals surface area contributed by atoms with Crippen LogP contribution in [-0.2, 0) is 9.84 Å². The van der Waals surface area contributed by atoms with Crippen LogP contribution in [0, 0.1) is 6.92 Å². The molecule has 0 saturated carbocycles. The number of nitrogens with zero attached hydrogens (tertiary/aromatic N) is 2. The van der Waals surface area contributed by atoms with Gasteiger partial charge in [-0.25, -0.2) is 13.1 Å². The van der Waals surface area contributed by atoms with Crippen LogP contribution in [0.15, 0.2) is 64.1 Å². The van der Waals surface area contributed by atoms with Gasteiger partial charge in [0.1, 0.15) is 0 Å². The van der Waals surface area contributed by atoms with E-state index in [1.165, 1.54) is 6.07 Å². The van der Waals surface area contributed by atoms with Gasteiger partial charge in [-0.1, -0.05) is 18.2 Å². The van der Waals surface area contributed by atoms with Crippen LogP contribution in [0.5, 0.6) is 0 Å². The van der Waals surface area contributed by atoms with E-state index in [-0.39, 0.29) is 10.5 Å². The lowest BCUT2D eigenvalue weighted by molar-refractivity contribution is 0.102. The molecule has 134 valence electrons. The quantitative estimate of drug-likeness (QED) is 0.681. The summed E-state index contributed by atoms with van der Waals surface area (Å²) in [6, 6.07) is 14.0. The highest BCUT2D eigenvalue weighted by Gasteiger charge is 2.17. The Balaban J connectivity index is 1.89. The molecule has 0 aliphatic heterocycles. The van der Waals surface area contributed by atoms with Crippen molar-refractivity contribution in [2.45, 2.75) is 11.8 Å². The summed E-state index contributed by atoms with van der Waals surface area (Å²) in [5.74, 6) is -0.00788. The molecule has 0 bridgehead atoms. The fourth-order valence-electron chi connectivity index (χ4n) is 2.41. The standard InChI is InChI=1S/C18H16BrN3O3S/c1-12-11-22(14-6-4-3-5-7-14)21-17(12)20-18(23)13-8-9-15(19)16(10-13)26(2,24)25/h3-11H,1-2H3,(H,20,21,23). The molecule has 3 aromatic rings. The highest BCUT2D eigenvalue weighted by atomic mass is 79.9. The third-order valence-electron chi connectivity index (χ3n) is 3.74. The smallest absolute Gasteiger partial charge is 0.256 e. The fourth-order valence-corrected chi connectivity index (χ4v) is 4.30. The zero-order chi connectivity index (χ0) is 18.9. The van der Waals surface area contributed by atoms with E-state index in [1.807, 2.05) is 43.5 Å². The summed E-state index contributed by atoms with van der Waals surface area (Å²) in [6.07, 6.45) is 2.91. The molecule has 0 spiro atoms. The zero-order valence-corrected chi connectivity index (χ0v) is 16.5. The number of aryl methyl sites for hydroxylation is 1. The van der Waals surface area contributed by atoms with Crippen molar-refractivity contribution < 1.29 is 13.2 Å². The molecule has 1 heterocycles. The van der Waals surface area contributed by atoms with Crippen LogP contribution < -0.4 is 5.32 Å². The van der Waals surface area contributed by atoms with Crippen molar-refractivity contribution in [3.8, 4) is 5.69 Å². The summed E-state index contributed by atoms with van der Waals surface area (Å²) in [5, 5.41) is 7.13. The number of benzene rings is 2. The minimum Gasteiger partial charge on any atom is -0.305 e. The first-order valence-corrected chi connectivity index (χ1v) is 10.4. The Morgan fingerprint density at radius 1 is 1.15 bits per heavy atom. The van der Waals surface area contributed by atoms with Crippen LogP contribution >= 0.6 is 15.9 Å². The molecule has 3 rings (SSSR count). The maximum atomic E-state index is 12.5. The molecule has 1 N–H and O–H groups in total. The number of aromatic nitrogens is 2. The maximum Gasteiger partial charge on any atom is 0.256 e. The van der Waals surface area contributed by atoms with Crippen LogP contribution in [0.25, 0.3) is 5.69 Å². The SMILES string of the molecule is Cc1cn(-c2ccccc2)nc1NC(=O)c1ccc(Br)c(S(C)(=O)=O)c1. The second-order valence-electron chi connectivity index (χ2n) is 5.81. The van der Waals surface area contributed by atoms with E-state index in [4.69, 9.17) is 0 Å². The van der Waals surface area contributed by atoms with Crippen molar-refractivity contribution in [1.82, 2.24) is 9.78 Å². The van der Waals surface area contributed by atoms with Gasteiger partial charge in [-0.05, 0) is 53.2 Å². The highest BCUT2D eigenvalue weighted by molar-refractivity contribution is 9.10. The Morgan fingerprint density at radius 3 is 2.50 bits per heavy atom. The first-order chi connectivity index (χ1) is 12.3. The first-order valence-electron chi connectivity index (χ1n) is 7.68. The molecule has 0 aliphatic rings. The van der Waals surface area contributed by atoms with Gasteiger partial charge in [0.25, 0.3) is 5.91 Å². The molecule has 1 aromatic heterocycles. The zero-order valence-electron chi connectivity index (χ0n) is 14.1. The summed E-state index contributed by atoms with van der Waals surface area (Å²) < 4.78 is 25.7. The van der Waals surface area contributed by atoms with Crippen molar-refractivity contribution in [3.63, 3.8) is 0 Å². The molecule has 0 saturated heterocycles. The number of sulfone groups is 1. The number of carbonyl (C=O) groups is 1. The normalized spacial score (nSPS) is 11.3. The lowest BCUT2D eigenvalue weighted by Crippen LogP contribution is -2.14. The number of rotatable bonds is 4. The van der Waals surface area contributed by atoms with Crippen LogP contribution in [0.3, 0.4) is 0 Å². The summed E-state index contributed by atoms with van der Waals surface area (Å²) in [7, 11) is -3.45. The Morgan fingerprint density at radius 2 is 1.85 bits per heavy atom. The molecule has 8 heteroatoms. The number of nitrogens with one attached hydrogen (secondary N) is 1. The molecular weight excluding hydrogens is 418 g/mol. The second kappa shape index (κ2) is 7.05. The predicted octanol–water partition coefficient (Wildman–Crippen LogP) is 3.60. The minimum absolute atomic E-state index is 0.0664. The Kier molecular flexibility index (Phi) is 4.97. The molecule has 26 heavy (non-hydrogen) atoms. The average Bonchev–Trinajstić information content (AvgIpc) is 2.95. The second-order valence-corrected chi connectivity index (χ2v) is 8.65. The summed E-state index contributed by atoms with van der Waals surface area (Å²) in [5.41, 5.74) is 1.91.